The highest BCUT2D eigenvalue weighted by molar-refractivity contribution is 6.39. The van der Waals surface area contributed by atoms with Crippen molar-refractivity contribution in [1.82, 2.24) is 10.3 Å². The summed E-state index contributed by atoms with van der Waals surface area (Å²) >= 11 is 0. The molecule has 0 radical (unpaired) electrons. The third-order valence-corrected chi connectivity index (χ3v) is 2.41. The number of carbonyl (C=O) groups is 2. The number of nitrogens with zero attached hydrogens (tertiary/aromatic N) is 1. The van der Waals surface area contributed by atoms with E-state index in [-0.39, 0.29) is 6.54 Å². The zero-order valence-electron chi connectivity index (χ0n) is 10.2. The molecular formula is C14H13N3O2. The first-order valence-electron chi connectivity index (χ1n) is 5.79. The summed E-state index contributed by atoms with van der Waals surface area (Å²) in [6.07, 6.45) is 3.28. The maximum atomic E-state index is 11.6. The summed E-state index contributed by atoms with van der Waals surface area (Å²) in [5.74, 6) is -1.36. The molecule has 0 aliphatic heterocycles. The average Bonchev–Trinajstić information content (AvgIpc) is 2.47. The quantitative estimate of drug-likeness (QED) is 0.813. The number of hydrogen-bond acceptors (Lipinski definition) is 3. The SMILES string of the molecule is O=C(NCc1cccnc1)C(=O)Nc1ccccc1. The van der Waals surface area contributed by atoms with Crippen molar-refractivity contribution in [3.63, 3.8) is 0 Å². The minimum absolute atomic E-state index is 0.273. The number of hydrogen-bond donors (Lipinski definition) is 2. The molecule has 1 aromatic carbocycles. The smallest absolute Gasteiger partial charge is 0.313 e. The van der Waals surface area contributed by atoms with Gasteiger partial charge in [0.05, 0.1) is 0 Å². The molecule has 0 atom stereocenters. The summed E-state index contributed by atoms with van der Waals surface area (Å²) in [5.41, 5.74) is 1.42. The van der Waals surface area contributed by atoms with Gasteiger partial charge in [-0.2, -0.15) is 0 Å². The number of amides is 2. The Hall–Kier alpha value is -2.69. The zero-order chi connectivity index (χ0) is 13.5. The van der Waals surface area contributed by atoms with Gasteiger partial charge in [0.1, 0.15) is 0 Å². The fraction of sp³-hybridized carbons (Fsp3) is 0.0714. The third kappa shape index (κ3) is 3.92. The Labute approximate surface area is 110 Å². The van der Waals surface area contributed by atoms with Gasteiger partial charge in [0.25, 0.3) is 0 Å². The number of aromatic nitrogens is 1. The van der Waals surface area contributed by atoms with Gasteiger partial charge in [-0.25, -0.2) is 0 Å². The summed E-state index contributed by atoms with van der Waals surface area (Å²) < 4.78 is 0. The van der Waals surface area contributed by atoms with Crippen LogP contribution in [0.2, 0.25) is 0 Å². The van der Waals surface area contributed by atoms with E-state index in [0.717, 1.165) is 5.56 Å². The summed E-state index contributed by atoms with van der Waals surface area (Å²) in [4.78, 5) is 27.1. The predicted octanol–water partition coefficient (Wildman–Crippen LogP) is 1.34. The molecule has 0 spiro atoms. The van der Waals surface area contributed by atoms with E-state index in [0.29, 0.717) is 5.69 Å². The second-order valence-electron chi connectivity index (χ2n) is 3.86. The second kappa shape index (κ2) is 6.30. The van der Waals surface area contributed by atoms with Crippen LogP contribution in [-0.2, 0) is 16.1 Å². The average molecular weight is 255 g/mol. The van der Waals surface area contributed by atoms with Crippen LogP contribution in [0.25, 0.3) is 0 Å². The topological polar surface area (TPSA) is 71.1 Å². The van der Waals surface area contributed by atoms with Crippen molar-refractivity contribution >= 4 is 17.5 Å². The molecule has 0 saturated carbocycles. The number of carbonyl (C=O) groups excluding carboxylic acids is 2. The molecule has 96 valence electrons. The van der Waals surface area contributed by atoms with Crippen molar-refractivity contribution in [2.75, 3.05) is 5.32 Å². The molecule has 0 bridgehead atoms. The summed E-state index contributed by atoms with van der Waals surface area (Å²) in [6, 6.07) is 12.4. The van der Waals surface area contributed by atoms with Gasteiger partial charge in [-0.05, 0) is 23.8 Å². The number of anilines is 1. The molecular weight excluding hydrogens is 242 g/mol. The Morgan fingerprint density at radius 1 is 1.00 bits per heavy atom. The summed E-state index contributed by atoms with van der Waals surface area (Å²) in [6.45, 7) is 0.273. The van der Waals surface area contributed by atoms with Crippen molar-refractivity contribution in [3.8, 4) is 0 Å². The Balaban J connectivity index is 1.85. The predicted molar refractivity (Wildman–Crippen MR) is 71.2 cm³/mol. The van der Waals surface area contributed by atoms with Crippen LogP contribution in [0.1, 0.15) is 5.56 Å². The van der Waals surface area contributed by atoms with E-state index in [1.54, 1.807) is 42.7 Å². The van der Waals surface area contributed by atoms with Crippen LogP contribution in [0.15, 0.2) is 54.9 Å². The molecule has 19 heavy (non-hydrogen) atoms. The lowest BCUT2D eigenvalue weighted by molar-refractivity contribution is -0.136. The molecule has 0 aliphatic rings. The van der Waals surface area contributed by atoms with Crippen LogP contribution >= 0.6 is 0 Å². The van der Waals surface area contributed by atoms with Crippen LogP contribution in [0.5, 0.6) is 0 Å². The Morgan fingerprint density at radius 3 is 2.47 bits per heavy atom. The van der Waals surface area contributed by atoms with Crippen LogP contribution in [0.4, 0.5) is 5.69 Å². The molecule has 5 heteroatoms. The second-order valence-corrected chi connectivity index (χ2v) is 3.86. The van der Waals surface area contributed by atoms with Gasteiger partial charge in [-0.3, -0.25) is 14.6 Å². The lowest BCUT2D eigenvalue weighted by Gasteiger charge is -2.06. The number of nitrogens with one attached hydrogen (secondary N) is 2. The molecule has 2 N–H and O–H groups in total. The van der Waals surface area contributed by atoms with Crippen LogP contribution in [-0.4, -0.2) is 16.8 Å². The van der Waals surface area contributed by atoms with E-state index in [4.69, 9.17) is 0 Å². The standard InChI is InChI=1S/C14H13N3O2/c18-13(16-10-11-5-4-8-15-9-11)14(19)17-12-6-2-1-3-7-12/h1-9H,10H2,(H,16,18)(H,17,19). The van der Waals surface area contributed by atoms with Crippen LogP contribution in [0, 0.1) is 0 Å². The number of rotatable bonds is 3. The first kappa shape index (κ1) is 12.8. The lowest BCUT2D eigenvalue weighted by atomic mass is 10.3. The van der Waals surface area contributed by atoms with Gasteiger partial charge >= 0.3 is 11.8 Å². The largest absolute Gasteiger partial charge is 0.344 e. The molecule has 2 rings (SSSR count). The number of para-hydroxylation sites is 1. The van der Waals surface area contributed by atoms with Gasteiger partial charge in [-0.1, -0.05) is 24.3 Å². The third-order valence-electron chi connectivity index (χ3n) is 2.41. The molecule has 0 unspecified atom stereocenters. The summed E-state index contributed by atoms with van der Waals surface area (Å²) in [7, 11) is 0. The van der Waals surface area contributed by atoms with E-state index < -0.39 is 11.8 Å². The van der Waals surface area contributed by atoms with Gasteiger partial charge in [0.15, 0.2) is 0 Å². The first-order chi connectivity index (χ1) is 9.25. The summed E-state index contributed by atoms with van der Waals surface area (Å²) in [5, 5.41) is 5.04. The van der Waals surface area contributed by atoms with E-state index in [9.17, 15) is 9.59 Å². The molecule has 2 amide bonds. The minimum Gasteiger partial charge on any atom is -0.344 e. The maximum absolute atomic E-state index is 11.6. The highest BCUT2D eigenvalue weighted by Gasteiger charge is 2.12. The van der Waals surface area contributed by atoms with Crippen LogP contribution in [0.3, 0.4) is 0 Å². The molecule has 1 aromatic heterocycles. The van der Waals surface area contributed by atoms with Gasteiger partial charge in [0.2, 0.25) is 0 Å². The van der Waals surface area contributed by atoms with Crippen LogP contribution < -0.4 is 10.6 Å². The molecule has 2 aromatic rings. The van der Waals surface area contributed by atoms with Gasteiger partial charge in [0, 0.05) is 24.6 Å². The highest BCUT2D eigenvalue weighted by atomic mass is 16.2. The van der Waals surface area contributed by atoms with E-state index in [1.807, 2.05) is 12.1 Å². The first-order valence-corrected chi connectivity index (χ1v) is 5.79. The molecule has 5 nitrogen and oxygen atoms in total. The number of benzene rings is 1. The molecule has 0 saturated heterocycles. The van der Waals surface area contributed by atoms with Crippen molar-refractivity contribution in [2.24, 2.45) is 0 Å². The van der Waals surface area contributed by atoms with Gasteiger partial charge < -0.3 is 10.6 Å². The highest BCUT2D eigenvalue weighted by Crippen LogP contribution is 2.04. The molecule has 1 heterocycles. The van der Waals surface area contributed by atoms with Crippen molar-refractivity contribution in [1.29, 1.82) is 0 Å². The Kier molecular flexibility index (Phi) is 4.23. The monoisotopic (exact) mass is 255 g/mol. The van der Waals surface area contributed by atoms with Crippen molar-refractivity contribution in [3.05, 3.63) is 60.4 Å². The fourth-order valence-corrected chi connectivity index (χ4v) is 1.47. The minimum atomic E-state index is -0.685. The number of pyridine rings is 1. The van der Waals surface area contributed by atoms with Crippen molar-refractivity contribution in [2.45, 2.75) is 6.54 Å². The van der Waals surface area contributed by atoms with Crippen molar-refractivity contribution < 1.29 is 9.59 Å². The molecule has 0 aliphatic carbocycles. The van der Waals surface area contributed by atoms with E-state index in [1.165, 1.54) is 0 Å². The van der Waals surface area contributed by atoms with E-state index >= 15 is 0 Å². The normalized spacial score (nSPS) is 9.68. The Bertz CT molecular complexity index is 555. The lowest BCUT2D eigenvalue weighted by Crippen LogP contribution is -2.34. The Morgan fingerprint density at radius 2 is 1.79 bits per heavy atom. The maximum Gasteiger partial charge on any atom is 0.313 e. The fourth-order valence-electron chi connectivity index (χ4n) is 1.47. The van der Waals surface area contributed by atoms with Gasteiger partial charge in [-0.15, -0.1) is 0 Å². The zero-order valence-corrected chi connectivity index (χ0v) is 10.2. The van der Waals surface area contributed by atoms with E-state index in [2.05, 4.69) is 15.6 Å². The molecule has 0 fully saturated rings.